The van der Waals surface area contributed by atoms with E-state index in [1.54, 1.807) is 31.6 Å². The molecule has 374 valence electrons. The summed E-state index contributed by atoms with van der Waals surface area (Å²) in [6.07, 6.45) is 23.0. The Balaban J connectivity index is 0.000000189. The van der Waals surface area contributed by atoms with E-state index >= 15 is 0 Å². The van der Waals surface area contributed by atoms with Gasteiger partial charge in [-0.25, -0.2) is 33.3 Å². The fourth-order valence-electron chi connectivity index (χ4n) is 5.73. The molecule has 71 heavy (non-hydrogen) atoms. The molecule has 10 aromatic rings. The van der Waals surface area contributed by atoms with Crippen molar-refractivity contribution in [1.82, 2.24) is 51.1 Å². The molecule has 2 atom stereocenters. The Labute approximate surface area is 487 Å². The van der Waals surface area contributed by atoms with Gasteiger partial charge in [0.25, 0.3) is 0 Å². The van der Waals surface area contributed by atoms with Crippen molar-refractivity contribution in [1.29, 1.82) is 0 Å². The number of pyridine rings is 5. The lowest BCUT2D eigenvalue weighted by atomic mass is 10.3. The van der Waals surface area contributed by atoms with E-state index in [4.69, 9.17) is 18.9 Å². The molecule has 0 saturated carbocycles. The van der Waals surface area contributed by atoms with E-state index in [9.17, 15) is 13.2 Å². The predicted octanol–water partition coefficient (Wildman–Crippen LogP) is 10.3. The average Bonchev–Trinajstić information content (AvgIpc) is 4.17. The lowest BCUT2D eigenvalue weighted by molar-refractivity contribution is 0.112. The number of halogens is 6. The Morgan fingerprint density at radius 1 is 0.634 bits per heavy atom. The highest BCUT2D eigenvalue weighted by atomic mass is 127. The summed E-state index contributed by atoms with van der Waals surface area (Å²) in [4.78, 5) is 31.0. The zero-order chi connectivity index (χ0) is 51.3. The molecule has 16 nitrogen and oxygen atoms in total. The summed E-state index contributed by atoms with van der Waals surface area (Å²) in [5.74, 6) is 0. The molecule has 0 fully saturated rings. The van der Waals surface area contributed by atoms with Crippen LogP contribution in [-0.4, -0.2) is 83.3 Å². The number of aldehydes is 1. The topological polar surface area (TPSA) is 193 Å². The number of imidazole rings is 5. The normalized spacial score (nSPS) is 12.0. The van der Waals surface area contributed by atoms with E-state index in [-0.39, 0.29) is 21.9 Å². The zero-order valence-electron chi connectivity index (χ0n) is 39.2. The van der Waals surface area contributed by atoms with Gasteiger partial charge in [-0.15, -0.1) is 12.4 Å². The quantitative estimate of drug-likeness (QED) is 0.0958. The van der Waals surface area contributed by atoms with Crippen molar-refractivity contribution in [2.45, 2.75) is 64.1 Å². The van der Waals surface area contributed by atoms with Crippen LogP contribution in [0.5, 0.6) is 0 Å². The van der Waals surface area contributed by atoms with Gasteiger partial charge in [0.15, 0.2) is 6.29 Å². The van der Waals surface area contributed by atoms with Crippen molar-refractivity contribution in [3.8, 4) is 0 Å². The number of rotatable bonds is 5. The van der Waals surface area contributed by atoms with Gasteiger partial charge in [-0.05, 0) is 193 Å². The minimum absolute atomic E-state index is 0. The van der Waals surface area contributed by atoms with Crippen molar-refractivity contribution in [3.05, 3.63) is 172 Å². The van der Waals surface area contributed by atoms with Gasteiger partial charge in [0.1, 0.15) is 12.0 Å². The summed E-state index contributed by atoms with van der Waals surface area (Å²) in [7, 11) is 3.47. The van der Waals surface area contributed by atoms with Gasteiger partial charge in [0.05, 0.1) is 108 Å². The molecule has 0 spiro atoms. The Morgan fingerprint density at radius 2 is 1.04 bits per heavy atom. The maximum absolute atomic E-state index is 12.2. The predicted molar refractivity (Wildman–Crippen MR) is 326 cm³/mol. The zero-order valence-corrected chi connectivity index (χ0v) is 51.8. The van der Waals surface area contributed by atoms with Crippen LogP contribution in [0.3, 0.4) is 0 Å². The third kappa shape index (κ3) is 18.1. The summed E-state index contributed by atoms with van der Waals surface area (Å²) in [6, 6.07) is 20.2. The molecule has 0 bridgehead atoms. The summed E-state index contributed by atoms with van der Waals surface area (Å²) in [5.41, 5.74) is 13.0. The number of hydrogen-bond donors (Lipinski definition) is 2. The van der Waals surface area contributed by atoms with E-state index < -0.39 is 22.0 Å². The monoisotopic (exact) mass is 1530 g/mol. The summed E-state index contributed by atoms with van der Waals surface area (Å²) in [5, 5.41) is 5.04. The lowest BCUT2D eigenvalue weighted by Crippen LogP contribution is -2.35. The highest BCUT2D eigenvalue weighted by Crippen LogP contribution is 2.20. The second kappa shape index (κ2) is 28.1. The molecule has 0 saturated heterocycles. The van der Waals surface area contributed by atoms with Crippen LogP contribution in [0.15, 0.2) is 140 Å². The molecule has 25 heteroatoms. The van der Waals surface area contributed by atoms with Gasteiger partial charge < -0.3 is 27.7 Å². The average molecular weight is 1530 g/mol. The van der Waals surface area contributed by atoms with Crippen molar-refractivity contribution in [2.75, 3.05) is 0 Å². The van der Waals surface area contributed by atoms with Crippen LogP contribution in [0.4, 0.5) is 0 Å². The number of carbonyl (C=O) groups is 1. The fraction of sp³-hybridized carbons (Fsp3) is 0.217. The van der Waals surface area contributed by atoms with E-state index in [0.29, 0.717) is 18.8 Å². The molecule has 10 heterocycles. The molecule has 0 amide bonds. The van der Waals surface area contributed by atoms with Crippen LogP contribution in [-0.2, 0) is 35.1 Å². The SMILES string of the molecule is Brc1ccn2cncc2c1.CC(C)(C)S(N)=O.Cl.Ic1ccn2cncc2c1.NCc1ncn2ccc(I)cc12.O=Cc1ncn2ccc(I)cc12.[B]N(Cc1ncn2ccc(I)cc12)S(=O)C(C)(C)C. The first-order chi connectivity index (χ1) is 33.1. The number of carbonyl (C=O) groups excluding carboxylic acids is 1. The summed E-state index contributed by atoms with van der Waals surface area (Å²) < 4.78 is 38.7. The second-order valence-electron chi connectivity index (χ2n) is 16.7. The Hall–Kier alpha value is -2.95. The molecule has 0 aliphatic heterocycles. The molecular formula is C46H50BBrClI4N13O3S2. The van der Waals surface area contributed by atoms with Crippen molar-refractivity contribution in [3.63, 3.8) is 0 Å². The number of fused-ring (bicyclic) bond motifs is 5. The molecule has 2 radical (unpaired) electrons. The third-order valence-electron chi connectivity index (χ3n) is 9.40. The maximum atomic E-state index is 12.2. The van der Waals surface area contributed by atoms with Crippen LogP contribution in [0.2, 0.25) is 0 Å². The van der Waals surface area contributed by atoms with Gasteiger partial charge >= 0.3 is 0 Å². The van der Waals surface area contributed by atoms with Crippen LogP contribution in [0.1, 0.15) is 63.4 Å². The summed E-state index contributed by atoms with van der Waals surface area (Å²) >= 11 is 12.4. The van der Waals surface area contributed by atoms with Crippen LogP contribution in [0, 0.1) is 14.3 Å². The second-order valence-corrected chi connectivity index (χ2v) is 26.6. The van der Waals surface area contributed by atoms with Gasteiger partial charge in [-0.3, -0.25) is 14.1 Å². The molecule has 10 aromatic heterocycles. The van der Waals surface area contributed by atoms with Gasteiger partial charge in [-0.2, -0.15) is 0 Å². The molecule has 0 aromatic carbocycles. The van der Waals surface area contributed by atoms with E-state index in [1.807, 2.05) is 149 Å². The van der Waals surface area contributed by atoms with Crippen LogP contribution in [0.25, 0.3) is 27.6 Å². The molecule has 4 N–H and O–H groups in total. The highest BCUT2D eigenvalue weighted by Gasteiger charge is 2.24. The van der Waals surface area contributed by atoms with Gasteiger partial charge in [-0.1, -0.05) is 15.9 Å². The standard InChI is InChI=1S/C12H15BIN3OS.C8H8IN3.C8H5IN2O.C7H5BrN2.C7H5IN2.C4H11NOS.ClH/c1-12(2,3)19(18)17(13)7-10-11-6-9(14)4-5-16(11)8-15-10;9-6-1-2-12-5-11-7(4-10)8(12)3-6;9-6-1-2-11-5-10-7(4-12)8(11)3-6;2*8-6-1-2-10-5-9-4-7(10)3-6;1-4(2,3)7(5)6;/h4-6,8H,7H2,1-3H3;1-3,5H,4,10H2;1-5H;2*1-5H;5H2,1-3H3;1H. The minimum atomic E-state index is -1.25. The van der Waals surface area contributed by atoms with Crippen LogP contribution < -0.4 is 10.9 Å². The first-order valence-electron chi connectivity index (χ1n) is 20.8. The minimum Gasteiger partial charge on any atom is -0.325 e. The number of nitrogens with zero attached hydrogens (tertiary/aromatic N) is 11. The van der Waals surface area contributed by atoms with Gasteiger partial charge in [0.2, 0.25) is 7.98 Å². The van der Waals surface area contributed by atoms with Crippen molar-refractivity contribution < 1.29 is 13.2 Å². The van der Waals surface area contributed by atoms with Crippen molar-refractivity contribution in [2.24, 2.45) is 10.9 Å². The van der Waals surface area contributed by atoms with Gasteiger partial charge in [0, 0.05) is 62.8 Å². The number of nitrogens with two attached hydrogens (primary N) is 2. The van der Waals surface area contributed by atoms with E-state index in [2.05, 4.69) is 149 Å². The Kier molecular flexibility index (Phi) is 24.0. The fourth-order valence-corrected chi connectivity index (χ4v) is 8.87. The Bertz CT molecular complexity index is 3300. The highest BCUT2D eigenvalue weighted by molar-refractivity contribution is 14.1. The number of aromatic nitrogens is 10. The first kappa shape index (κ1) is 60.6. The lowest BCUT2D eigenvalue weighted by Gasteiger charge is -2.25. The first-order valence-corrected chi connectivity index (χ1v) is 28.2. The smallest absolute Gasteiger partial charge is 0.203 e. The van der Waals surface area contributed by atoms with E-state index in [1.165, 1.54) is 11.4 Å². The van der Waals surface area contributed by atoms with Crippen molar-refractivity contribution >= 4 is 183 Å². The molecule has 0 aliphatic rings. The Morgan fingerprint density at radius 3 is 1.52 bits per heavy atom. The maximum Gasteiger partial charge on any atom is 0.203 e. The van der Waals surface area contributed by atoms with Crippen LogP contribution >= 0.6 is 119 Å². The number of hydrogen-bond acceptors (Lipinski definition) is 9. The molecule has 10 rings (SSSR count). The van der Waals surface area contributed by atoms with E-state index in [0.717, 1.165) is 56.9 Å². The third-order valence-corrected chi connectivity index (χ3v) is 15.4. The molecule has 2 unspecified atom stereocenters. The summed E-state index contributed by atoms with van der Waals surface area (Å²) in [6.45, 7) is 12.1. The molecule has 0 aliphatic carbocycles. The largest absolute Gasteiger partial charge is 0.325 e. The molecular weight excluding hydrogens is 1480 g/mol.